The Hall–Kier alpha value is -3.06. The minimum atomic E-state index is -0.287. The van der Waals surface area contributed by atoms with Crippen molar-refractivity contribution in [1.29, 1.82) is 0 Å². The van der Waals surface area contributed by atoms with Crippen LogP contribution in [-0.2, 0) is 17.8 Å². The first-order valence-electron chi connectivity index (χ1n) is 8.26. The number of carbonyl (C=O) groups is 1. The number of nitrogens with zero attached hydrogens (tertiary/aromatic N) is 3. The highest BCUT2D eigenvalue weighted by molar-refractivity contribution is 7.18. The van der Waals surface area contributed by atoms with E-state index in [1.807, 2.05) is 42.5 Å². The third kappa shape index (κ3) is 3.34. The molecule has 0 unspecified atom stereocenters. The molecule has 2 aromatic heterocycles. The van der Waals surface area contributed by atoms with E-state index in [-0.39, 0.29) is 18.0 Å². The Morgan fingerprint density at radius 1 is 1.08 bits per heavy atom. The van der Waals surface area contributed by atoms with Gasteiger partial charge in [0.25, 0.3) is 5.56 Å². The van der Waals surface area contributed by atoms with Crippen LogP contribution in [-0.4, -0.2) is 27.0 Å². The number of carbonyl (C=O) groups excluding carboxylic acids is 1. The highest BCUT2D eigenvalue weighted by Gasteiger charge is 2.09. The van der Waals surface area contributed by atoms with Crippen LogP contribution in [0.4, 0.5) is 0 Å². The topological polar surface area (TPSA) is 76.9 Å². The fourth-order valence-corrected chi connectivity index (χ4v) is 3.78. The van der Waals surface area contributed by atoms with Crippen LogP contribution in [0.3, 0.4) is 0 Å². The lowest BCUT2D eigenvalue weighted by molar-refractivity contribution is -0.121. The molecule has 0 bridgehead atoms. The number of nitrogens with one attached hydrogen (secondary N) is 1. The van der Waals surface area contributed by atoms with Crippen molar-refractivity contribution in [3.05, 3.63) is 70.1 Å². The van der Waals surface area contributed by atoms with Gasteiger partial charge < -0.3 is 5.32 Å². The minimum Gasteiger partial charge on any atom is -0.354 e. The van der Waals surface area contributed by atoms with Crippen LogP contribution < -0.4 is 10.9 Å². The summed E-state index contributed by atoms with van der Waals surface area (Å²) in [6.45, 7) is 0.456. The van der Waals surface area contributed by atoms with Gasteiger partial charge in [0.2, 0.25) is 5.91 Å². The van der Waals surface area contributed by atoms with E-state index in [1.165, 1.54) is 10.8 Å². The summed E-state index contributed by atoms with van der Waals surface area (Å²) in [5.41, 5.74) is 2.04. The van der Waals surface area contributed by atoms with Gasteiger partial charge in [0.15, 0.2) is 0 Å². The molecule has 0 radical (unpaired) electrons. The van der Waals surface area contributed by atoms with Gasteiger partial charge in [-0.1, -0.05) is 24.3 Å². The maximum absolute atomic E-state index is 12.3. The summed E-state index contributed by atoms with van der Waals surface area (Å²) in [4.78, 5) is 33.0. The normalized spacial score (nSPS) is 11.1. The molecule has 2 heterocycles. The fourth-order valence-electron chi connectivity index (χ4n) is 2.81. The fraction of sp³-hybridized carbons (Fsp3) is 0.158. The van der Waals surface area contributed by atoms with Crippen molar-refractivity contribution >= 4 is 38.5 Å². The molecule has 0 saturated heterocycles. The standard InChI is InChI=1S/C19H16N4O2S/c24-17(12-23-15-7-3-1-5-13(15)21-11-19(23)25)20-10-9-18-22-14-6-2-4-8-16(14)26-18/h1-8,11H,9-10,12H2,(H,20,24). The molecule has 0 fully saturated rings. The Balaban J connectivity index is 1.41. The quantitative estimate of drug-likeness (QED) is 0.590. The van der Waals surface area contributed by atoms with Crippen LogP contribution in [0.25, 0.3) is 21.3 Å². The summed E-state index contributed by atoms with van der Waals surface area (Å²) in [5.74, 6) is -0.204. The first-order valence-corrected chi connectivity index (χ1v) is 9.08. The Morgan fingerprint density at radius 2 is 1.85 bits per heavy atom. The third-order valence-electron chi connectivity index (χ3n) is 4.05. The van der Waals surface area contributed by atoms with Crippen molar-refractivity contribution in [1.82, 2.24) is 19.9 Å². The molecule has 0 spiro atoms. The van der Waals surface area contributed by atoms with Gasteiger partial charge in [-0.3, -0.25) is 14.2 Å². The summed E-state index contributed by atoms with van der Waals surface area (Å²) >= 11 is 1.63. The molecule has 0 atom stereocenters. The molecule has 0 aliphatic carbocycles. The first-order chi connectivity index (χ1) is 12.7. The van der Waals surface area contributed by atoms with Crippen LogP contribution in [0.15, 0.2) is 59.5 Å². The molecule has 2 aromatic carbocycles. The summed E-state index contributed by atoms with van der Waals surface area (Å²) in [6, 6.07) is 15.2. The lowest BCUT2D eigenvalue weighted by Gasteiger charge is -2.09. The Morgan fingerprint density at radius 3 is 2.69 bits per heavy atom. The number of amides is 1. The Bertz CT molecular complexity index is 1120. The van der Waals surface area contributed by atoms with Gasteiger partial charge in [0.1, 0.15) is 6.54 Å². The van der Waals surface area contributed by atoms with Crippen molar-refractivity contribution in [3.8, 4) is 0 Å². The van der Waals surface area contributed by atoms with Crippen molar-refractivity contribution < 1.29 is 4.79 Å². The molecule has 0 saturated carbocycles. The molecule has 0 aliphatic heterocycles. The molecule has 4 aromatic rings. The summed E-state index contributed by atoms with van der Waals surface area (Å²) in [5, 5.41) is 3.85. The first kappa shape index (κ1) is 16.4. The summed E-state index contributed by atoms with van der Waals surface area (Å²) < 4.78 is 2.58. The van der Waals surface area contributed by atoms with Crippen molar-refractivity contribution in [2.75, 3.05) is 6.54 Å². The van der Waals surface area contributed by atoms with Crippen LogP contribution in [0.5, 0.6) is 0 Å². The van der Waals surface area contributed by atoms with E-state index in [9.17, 15) is 9.59 Å². The van der Waals surface area contributed by atoms with Crippen LogP contribution in [0.1, 0.15) is 5.01 Å². The van der Waals surface area contributed by atoms with Gasteiger partial charge >= 0.3 is 0 Å². The number of fused-ring (bicyclic) bond motifs is 2. The average Bonchev–Trinajstić information content (AvgIpc) is 3.07. The predicted octanol–water partition coefficient (Wildman–Crippen LogP) is 2.37. The molecule has 0 aliphatic rings. The molecule has 6 nitrogen and oxygen atoms in total. The zero-order valence-electron chi connectivity index (χ0n) is 13.9. The maximum Gasteiger partial charge on any atom is 0.269 e. The lowest BCUT2D eigenvalue weighted by Crippen LogP contribution is -2.33. The third-order valence-corrected chi connectivity index (χ3v) is 5.15. The van der Waals surface area contributed by atoms with E-state index < -0.39 is 0 Å². The molecule has 130 valence electrons. The number of thiazole rings is 1. The predicted molar refractivity (Wildman–Crippen MR) is 102 cm³/mol. The van der Waals surface area contributed by atoms with Gasteiger partial charge in [-0.2, -0.15) is 0 Å². The van der Waals surface area contributed by atoms with Crippen molar-refractivity contribution in [2.45, 2.75) is 13.0 Å². The second-order valence-corrected chi connectivity index (χ2v) is 6.96. The highest BCUT2D eigenvalue weighted by atomic mass is 32.1. The zero-order chi connectivity index (χ0) is 17.9. The number of benzene rings is 2. The van der Waals surface area contributed by atoms with Crippen molar-refractivity contribution in [3.63, 3.8) is 0 Å². The van der Waals surface area contributed by atoms with Gasteiger partial charge in [0, 0.05) is 13.0 Å². The Kier molecular flexibility index (Phi) is 4.45. The highest BCUT2D eigenvalue weighted by Crippen LogP contribution is 2.21. The number of hydrogen-bond donors (Lipinski definition) is 1. The van der Waals surface area contributed by atoms with E-state index in [4.69, 9.17) is 0 Å². The number of hydrogen-bond acceptors (Lipinski definition) is 5. The second-order valence-electron chi connectivity index (χ2n) is 5.85. The van der Waals surface area contributed by atoms with E-state index in [0.29, 0.717) is 24.0 Å². The smallest absolute Gasteiger partial charge is 0.269 e. The summed E-state index contributed by atoms with van der Waals surface area (Å²) in [7, 11) is 0. The number of rotatable bonds is 5. The van der Waals surface area contributed by atoms with Crippen LogP contribution >= 0.6 is 11.3 Å². The molecular formula is C19H16N4O2S. The number of para-hydroxylation sites is 3. The monoisotopic (exact) mass is 364 g/mol. The van der Waals surface area contributed by atoms with Crippen LogP contribution in [0.2, 0.25) is 0 Å². The zero-order valence-corrected chi connectivity index (χ0v) is 14.7. The minimum absolute atomic E-state index is 0.0261. The molecule has 7 heteroatoms. The molecule has 1 N–H and O–H groups in total. The maximum atomic E-state index is 12.3. The van der Waals surface area contributed by atoms with Gasteiger partial charge in [-0.25, -0.2) is 9.97 Å². The van der Waals surface area contributed by atoms with Crippen molar-refractivity contribution in [2.24, 2.45) is 0 Å². The summed E-state index contributed by atoms with van der Waals surface area (Å²) in [6.07, 6.45) is 1.91. The number of aromatic nitrogens is 3. The van der Waals surface area contributed by atoms with Crippen LogP contribution in [0, 0.1) is 0 Å². The Labute approximate surface area is 153 Å². The lowest BCUT2D eigenvalue weighted by atomic mass is 10.3. The SMILES string of the molecule is O=C(Cn1c(=O)cnc2ccccc21)NCCc1nc2ccccc2s1. The molecule has 4 rings (SSSR count). The van der Waals surface area contributed by atoms with Gasteiger partial charge in [-0.05, 0) is 24.3 Å². The average molecular weight is 364 g/mol. The largest absolute Gasteiger partial charge is 0.354 e. The second kappa shape index (κ2) is 7.05. The van der Waals surface area contributed by atoms with Gasteiger partial charge in [0.05, 0.1) is 32.5 Å². The molecule has 1 amide bonds. The van der Waals surface area contributed by atoms with E-state index in [2.05, 4.69) is 15.3 Å². The molecular weight excluding hydrogens is 348 g/mol. The van der Waals surface area contributed by atoms with Gasteiger partial charge in [-0.15, -0.1) is 11.3 Å². The van der Waals surface area contributed by atoms with E-state index in [0.717, 1.165) is 15.2 Å². The molecule has 26 heavy (non-hydrogen) atoms. The van der Waals surface area contributed by atoms with E-state index >= 15 is 0 Å². The van der Waals surface area contributed by atoms with E-state index in [1.54, 1.807) is 17.4 Å².